The summed E-state index contributed by atoms with van der Waals surface area (Å²) in [5, 5.41) is 10.3. The van der Waals surface area contributed by atoms with Crippen LogP contribution in [0.1, 0.15) is 0 Å². The largest absolute Gasteiger partial charge is 0.504 e. The van der Waals surface area contributed by atoms with Crippen LogP contribution in [-0.2, 0) is 0 Å². The fourth-order valence-electron chi connectivity index (χ4n) is 1.69. The number of phenolic OH excluding ortho intramolecular Hbond substituents is 1. The predicted octanol–water partition coefficient (Wildman–Crippen LogP) is 4.76. The van der Waals surface area contributed by atoms with E-state index in [0.29, 0.717) is 15.1 Å². The summed E-state index contributed by atoms with van der Waals surface area (Å²) in [6.45, 7) is 0. The Morgan fingerprint density at radius 2 is 1.89 bits per heavy atom. The van der Waals surface area contributed by atoms with Crippen molar-refractivity contribution in [1.82, 2.24) is 0 Å². The van der Waals surface area contributed by atoms with Crippen LogP contribution in [0.5, 0.6) is 11.5 Å². The summed E-state index contributed by atoms with van der Waals surface area (Å²) in [5.41, 5.74) is 0.424. The molecule has 0 radical (unpaired) electrons. The molecule has 0 amide bonds. The molecule has 100 valence electrons. The summed E-state index contributed by atoms with van der Waals surface area (Å²) in [5.74, 6) is -3.41. The number of benzene rings is 2. The van der Waals surface area contributed by atoms with Crippen molar-refractivity contribution >= 4 is 27.5 Å². The van der Waals surface area contributed by atoms with Gasteiger partial charge in [-0.1, -0.05) is 27.5 Å². The topological polar surface area (TPSA) is 29.5 Å². The van der Waals surface area contributed by atoms with Crippen LogP contribution in [0.3, 0.4) is 0 Å². The number of hydrogen-bond donors (Lipinski definition) is 1. The lowest BCUT2D eigenvalue weighted by Crippen LogP contribution is -1.95. The Hall–Kier alpha value is -1.33. The Balaban J connectivity index is 2.76. The SMILES string of the molecule is COc1c(O)c(-c2cc(Br)ccc2Cl)cc(F)c1F. The highest BCUT2D eigenvalue weighted by atomic mass is 79.9. The van der Waals surface area contributed by atoms with E-state index in [4.69, 9.17) is 11.6 Å². The molecule has 19 heavy (non-hydrogen) atoms. The Morgan fingerprint density at radius 1 is 1.21 bits per heavy atom. The molecule has 2 nitrogen and oxygen atoms in total. The van der Waals surface area contributed by atoms with E-state index in [-0.39, 0.29) is 5.56 Å². The Labute approximate surface area is 121 Å². The van der Waals surface area contributed by atoms with Gasteiger partial charge in [0, 0.05) is 20.6 Å². The molecular formula is C13H8BrClF2O2. The van der Waals surface area contributed by atoms with Crippen LogP contribution in [-0.4, -0.2) is 12.2 Å². The third-order valence-corrected chi connectivity index (χ3v) is 3.40. The van der Waals surface area contributed by atoms with E-state index in [1.165, 1.54) is 0 Å². The first-order chi connectivity index (χ1) is 8.95. The minimum atomic E-state index is -1.24. The van der Waals surface area contributed by atoms with E-state index in [9.17, 15) is 13.9 Å². The van der Waals surface area contributed by atoms with Gasteiger partial charge in [0.05, 0.1) is 7.11 Å². The molecule has 1 N–H and O–H groups in total. The maximum Gasteiger partial charge on any atom is 0.204 e. The minimum absolute atomic E-state index is 0.0575. The third kappa shape index (κ3) is 2.53. The third-order valence-electron chi connectivity index (χ3n) is 2.57. The summed E-state index contributed by atoms with van der Waals surface area (Å²) >= 11 is 9.25. The van der Waals surface area contributed by atoms with Crippen molar-refractivity contribution < 1.29 is 18.6 Å². The first-order valence-corrected chi connectivity index (χ1v) is 6.33. The molecular weight excluding hydrogens is 341 g/mol. The maximum atomic E-state index is 13.5. The fourth-order valence-corrected chi connectivity index (χ4v) is 2.27. The van der Waals surface area contributed by atoms with Crippen molar-refractivity contribution in [1.29, 1.82) is 0 Å². The summed E-state index contributed by atoms with van der Waals surface area (Å²) in [6.07, 6.45) is 0. The molecule has 0 aliphatic carbocycles. The molecule has 0 saturated heterocycles. The number of halogens is 4. The molecule has 0 aliphatic rings. The number of aromatic hydroxyl groups is 1. The zero-order chi connectivity index (χ0) is 14.2. The highest BCUT2D eigenvalue weighted by molar-refractivity contribution is 9.10. The Morgan fingerprint density at radius 3 is 2.53 bits per heavy atom. The van der Waals surface area contributed by atoms with Gasteiger partial charge in [-0.15, -0.1) is 0 Å². The highest BCUT2D eigenvalue weighted by Gasteiger charge is 2.21. The van der Waals surface area contributed by atoms with E-state index in [1.807, 2.05) is 0 Å². The number of rotatable bonds is 2. The molecule has 0 fully saturated rings. The van der Waals surface area contributed by atoms with Crippen molar-refractivity contribution in [3.05, 3.63) is 45.4 Å². The standard InChI is InChI=1S/C13H8BrClF2O2/c1-19-13-11(17)10(16)5-8(12(13)18)7-4-6(14)2-3-9(7)15/h2-5,18H,1H3. The zero-order valence-corrected chi connectivity index (χ0v) is 12.0. The smallest absolute Gasteiger partial charge is 0.204 e. The van der Waals surface area contributed by atoms with Crippen LogP contribution in [0.15, 0.2) is 28.7 Å². The number of ether oxygens (including phenoxy) is 1. The molecule has 2 aromatic rings. The van der Waals surface area contributed by atoms with Crippen LogP contribution >= 0.6 is 27.5 Å². The van der Waals surface area contributed by atoms with Crippen LogP contribution in [0.4, 0.5) is 8.78 Å². The van der Waals surface area contributed by atoms with Crippen molar-refractivity contribution in [3.8, 4) is 22.6 Å². The van der Waals surface area contributed by atoms with E-state index in [2.05, 4.69) is 20.7 Å². The van der Waals surface area contributed by atoms with Gasteiger partial charge < -0.3 is 9.84 Å². The van der Waals surface area contributed by atoms with Gasteiger partial charge in [-0.2, -0.15) is 4.39 Å². The van der Waals surface area contributed by atoms with Crippen LogP contribution < -0.4 is 4.74 Å². The van der Waals surface area contributed by atoms with Gasteiger partial charge in [-0.25, -0.2) is 4.39 Å². The van der Waals surface area contributed by atoms with Gasteiger partial charge in [0.25, 0.3) is 0 Å². The second-order valence-corrected chi connectivity index (χ2v) is 5.05. The second kappa shape index (κ2) is 5.35. The van der Waals surface area contributed by atoms with Gasteiger partial charge in [-0.05, 0) is 24.3 Å². The molecule has 0 heterocycles. The van der Waals surface area contributed by atoms with E-state index < -0.39 is 23.1 Å². The molecule has 0 bridgehead atoms. The van der Waals surface area contributed by atoms with Crippen molar-refractivity contribution in [2.45, 2.75) is 0 Å². The zero-order valence-electron chi connectivity index (χ0n) is 9.68. The highest BCUT2D eigenvalue weighted by Crippen LogP contribution is 2.43. The number of methoxy groups -OCH3 is 1. The van der Waals surface area contributed by atoms with Gasteiger partial charge in [0.15, 0.2) is 17.3 Å². The van der Waals surface area contributed by atoms with E-state index in [0.717, 1.165) is 13.2 Å². The summed E-state index contributed by atoms with van der Waals surface area (Å²) in [7, 11) is 1.14. The number of hydrogen-bond acceptors (Lipinski definition) is 2. The molecule has 2 rings (SSSR count). The molecule has 0 unspecified atom stereocenters. The van der Waals surface area contributed by atoms with Crippen LogP contribution in [0.25, 0.3) is 11.1 Å². The van der Waals surface area contributed by atoms with Gasteiger partial charge in [0.2, 0.25) is 5.82 Å². The Bertz CT molecular complexity index is 647. The minimum Gasteiger partial charge on any atom is -0.504 e. The van der Waals surface area contributed by atoms with E-state index in [1.54, 1.807) is 18.2 Å². The van der Waals surface area contributed by atoms with Gasteiger partial charge >= 0.3 is 0 Å². The van der Waals surface area contributed by atoms with Crippen LogP contribution in [0.2, 0.25) is 5.02 Å². The van der Waals surface area contributed by atoms with Gasteiger partial charge in [0.1, 0.15) is 0 Å². The summed E-state index contributed by atoms with van der Waals surface area (Å²) in [4.78, 5) is 0. The van der Waals surface area contributed by atoms with Crippen molar-refractivity contribution in [3.63, 3.8) is 0 Å². The lowest BCUT2D eigenvalue weighted by atomic mass is 10.0. The van der Waals surface area contributed by atoms with E-state index >= 15 is 0 Å². The lowest BCUT2D eigenvalue weighted by molar-refractivity contribution is 0.341. The molecule has 0 spiro atoms. The first-order valence-electron chi connectivity index (χ1n) is 5.16. The predicted molar refractivity (Wildman–Crippen MR) is 72.7 cm³/mol. The summed E-state index contributed by atoms with van der Waals surface area (Å²) < 4.78 is 32.3. The molecule has 0 saturated carbocycles. The first kappa shape index (κ1) is 14.1. The molecule has 6 heteroatoms. The Kier molecular flexibility index (Phi) is 3.96. The monoisotopic (exact) mass is 348 g/mol. The molecule has 0 aliphatic heterocycles. The fraction of sp³-hybridized carbons (Fsp3) is 0.0769. The second-order valence-electron chi connectivity index (χ2n) is 3.73. The average molecular weight is 350 g/mol. The van der Waals surface area contributed by atoms with Crippen molar-refractivity contribution in [2.24, 2.45) is 0 Å². The normalized spacial score (nSPS) is 10.6. The quantitative estimate of drug-likeness (QED) is 0.847. The van der Waals surface area contributed by atoms with Crippen LogP contribution in [0, 0.1) is 11.6 Å². The lowest BCUT2D eigenvalue weighted by Gasteiger charge is -2.12. The molecule has 2 aromatic carbocycles. The maximum absolute atomic E-state index is 13.5. The van der Waals surface area contributed by atoms with Crippen molar-refractivity contribution in [2.75, 3.05) is 7.11 Å². The average Bonchev–Trinajstić information content (AvgIpc) is 2.38. The number of phenols is 1. The summed E-state index contributed by atoms with van der Waals surface area (Å²) in [6, 6.07) is 5.74. The molecule has 0 aromatic heterocycles. The van der Waals surface area contributed by atoms with Gasteiger partial charge in [-0.3, -0.25) is 0 Å². The molecule has 0 atom stereocenters.